The Labute approximate surface area is 316 Å². The summed E-state index contributed by atoms with van der Waals surface area (Å²) < 4.78 is 18.4. The average Bonchev–Trinajstić information content (AvgIpc) is 3.71. The van der Waals surface area contributed by atoms with Gasteiger partial charge in [-0.2, -0.15) is 0 Å². The molecule has 1 aliphatic rings. The molecule has 2 unspecified atom stereocenters. The Morgan fingerprint density at radius 3 is 2.49 bits per heavy atom. The van der Waals surface area contributed by atoms with Crippen LogP contribution in [-0.4, -0.2) is 88.9 Å². The number of alkyl carbamates (subject to hydrolysis) is 1. The predicted octanol–water partition coefficient (Wildman–Crippen LogP) is 6.54. The second-order valence-corrected chi connectivity index (χ2v) is 15.9. The van der Waals surface area contributed by atoms with E-state index in [1.807, 2.05) is 24.4 Å². The highest BCUT2D eigenvalue weighted by molar-refractivity contribution is 7.10. The van der Waals surface area contributed by atoms with Crippen LogP contribution < -0.4 is 10.7 Å². The van der Waals surface area contributed by atoms with Crippen molar-refractivity contribution < 1.29 is 28.6 Å². The van der Waals surface area contributed by atoms with E-state index in [0.29, 0.717) is 42.1 Å². The molecule has 0 spiro atoms. The number of ether oxygens (including phenoxy) is 3. The van der Waals surface area contributed by atoms with E-state index in [1.54, 1.807) is 34.1 Å². The molecular formula is C39H55N7O6S. The number of nitrogens with zero attached hydrogens (tertiary/aromatic N) is 5. The van der Waals surface area contributed by atoms with Gasteiger partial charge in [-0.05, 0) is 78.1 Å². The zero-order chi connectivity index (χ0) is 38.8. The first-order valence-electron chi connectivity index (χ1n) is 18.1. The molecule has 0 bridgehead atoms. The smallest absolute Gasteiger partial charge is 0.408 e. The van der Waals surface area contributed by atoms with Crippen LogP contribution in [0.1, 0.15) is 83.7 Å². The number of rotatable bonds is 14. The standard InChI is InChI=1S/C34H43N5O6S.C5H12N2/c1-9-39-27-13-12-25(26-18-46-28(37-26)15-22(17-40)36-32(42)45-33(3,4)5)38-30(27)24(16-34(6,7)19-44-20-41)31(39)23-11-10-14-35-29(23)21(2)43-8;1-7-5-3-2-4-6-7/h10-14,17-18,20-22H,9,15-16,19H2,1-8H3,(H,36,42);6H,2-5H2,1H3. The Bertz CT molecular complexity index is 1830. The van der Waals surface area contributed by atoms with Crippen molar-refractivity contribution in [1.29, 1.82) is 0 Å². The molecule has 1 aliphatic heterocycles. The largest absolute Gasteiger partial charge is 0.467 e. The highest BCUT2D eigenvalue weighted by Gasteiger charge is 2.29. The summed E-state index contributed by atoms with van der Waals surface area (Å²) in [6.45, 7) is 17.3. The Morgan fingerprint density at radius 2 is 1.89 bits per heavy atom. The lowest BCUT2D eigenvalue weighted by atomic mass is 9.85. The van der Waals surface area contributed by atoms with Gasteiger partial charge in [-0.3, -0.25) is 15.2 Å². The summed E-state index contributed by atoms with van der Waals surface area (Å²) in [5.74, 6) is 0. The van der Waals surface area contributed by atoms with Crippen molar-refractivity contribution in [2.24, 2.45) is 5.41 Å². The first-order valence-corrected chi connectivity index (χ1v) is 19.0. The van der Waals surface area contributed by atoms with Crippen molar-refractivity contribution in [3.05, 3.63) is 52.1 Å². The second-order valence-electron chi connectivity index (χ2n) is 15.0. The van der Waals surface area contributed by atoms with E-state index in [1.165, 1.54) is 30.7 Å². The van der Waals surface area contributed by atoms with Gasteiger partial charge in [-0.1, -0.05) is 13.8 Å². The normalized spacial score (nSPS) is 14.9. The first-order chi connectivity index (χ1) is 25.2. The van der Waals surface area contributed by atoms with Crippen molar-refractivity contribution in [2.75, 3.05) is 33.9 Å². The minimum atomic E-state index is -0.781. The van der Waals surface area contributed by atoms with Crippen LogP contribution in [0.25, 0.3) is 33.7 Å². The molecule has 53 heavy (non-hydrogen) atoms. The molecular weight excluding hydrogens is 695 g/mol. The Kier molecular flexibility index (Phi) is 14.6. The monoisotopic (exact) mass is 749 g/mol. The maximum absolute atomic E-state index is 12.2. The molecule has 2 N–H and O–H groups in total. The number of carbonyl (C=O) groups excluding carboxylic acids is 3. The topological polar surface area (TPSA) is 150 Å². The van der Waals surface area contributed by atoms with Crippen molar-refractivity contribution >= 4 is 41.2 Å². The molecule has 1 amide bonds. The number of hydrogen-bond acceptors (Lipinski definition) is 12. The van der Waals surface area contributed by atoms with Crippen LogP contribution in [0.15, 0.2) is 35.8 Å². The lowest BCUT2D eigenvalue weighted by molar-refractivity contribution is -0.131. The molecule has 4 aromatic rings. The van der Waals surface area contributed by atoms with Gasteiger partial charge in [0.25, 0.3) is 6.47 Å². The molecule has 288 valence electrons. The molecule has 2 atom stereocenters. The van der Waals surface area contributed by atoms with E-state index in [2.05, 4.69) is 60.3 Å². The summed E-state index contributed by atoms with van der Waals surface area (Å²) in [4.78, 5) is 49.7. The van der Waals surface area contributed by atoms with E-state index in [9.17, 15) is 14.4 Å². The summed E-state index contributed by atoms with van der Waals surface area (Å²) in [6, 6.07) is 7.19. The van der Waals surface area contributed by atoms with Crippen LogP contribution in [0.4, 0.5) is 4.79 Å². The second kappa shape index (κ2) is 18.7. The number of amides is 1. The summed E-state index contributed by atoms with van der Waals surface area (Å²) in [5.41, 5.74) is 9.04. The predicted molar refractivity (Wildman–Crippen MR) is 207 cm³/mol. The van der Waals surface area contributed by atoms with Gasteiger partial charge in [0.1, 0.15) is 11.9 Å². The van der Waals surface area contributed by atoms with Crippen molar-refractivity contribution in [1.82, 2.24) is 35.3 Å². The fraction of sp³-hybridized carbons (Fsp3) is 0.538. The number of thiazole rings is 1. The van der Waals surface area contributed by atoms with Gasteiger partial charge in [0, 0.05) is 68.3 Å². The molecule has 0 saturated carbocycles. The Morgan fingerprint density at radius 1 is 1.11 bits per heavy atom. The average molecular weight is 750 g/mol. The molecule has 4 aromatic heterocycles. The quantitative estimate of drug-likeness (QED) is 0.135. The van der Waals surface area contributed by atoms with E-state index < -0.39 is 23.2 Å². The van der Waals surface area contributed by atoms with Gasteiger partial charge in [-0.25, -0.2) is 19.8 Å². The first kappa shape index (κ1) is 41.5. The number of pyridine rings is 2. The molecule has 0 aliphatic carbocycles. The zero-order valence-electron chi connectivity index (χ0n) is 32.5. The molecule has 0 aromatic carbocycles. The maximum Gasteiger partial charge on any atom is 0.408 e. The molecule has 13 nitrogen and oxygen atoms in total. The van der Waals surface area contributed by atoms with Crippen LogP contribution in [0, 0.1) is 5.41 Å². The SMILES string of the molecule is CCn1c(-c2cccnc2C(C)OC)c(CC(C)(C)COC=O)c2nc(-c3csc(CC(C=O)NC(=O)OC(C)(C)C)n3)ccc21.CN1CCCCN1. The van der Waals surface area contributed by atoms with Gasteiger partial charge < -0.3 is 28.9 Å². The molecule has 14 heteroatoms. The summed E-state index contributed by atoms with van der Waals surface area (Å²) >= 11 is 1.40. The van der Waals surface area contributed by atoms with Crippen LogP contribution in [0.3, 0.4) is 0 Å². The van der Waals surface area contributed by atoms with Crippen LogP contribution >= 0.6 is 11.3 Å². The number of methoxy groups -OCH3 is 1. The number of aryl methyl sites for hydroxylation is 1. The van der Waals surface area contributed by atoms with Gasteiger partial charge in [0.05, 0.1) is 57.6 Å². The van der Waals surface area contributed by atoms with Crippen LogP contribution in [0.2, 0.25) is 0 Å². The third-order valence-corrected chi connectivity index (χ3v) is 9.60. The summed E-state index contributed by atoms with van der Waals surface area (Å²) in [5, 5.41) is 7.33. The number of hydrogen-bond donors (Lipinski definition) is 2. The van der Waals surface area contributed by atoms with Crippen LogP contribution in [0.5, 0.6) is 0 Å². The Balaban J connectivity index is 0.000000801. The van der Waals surface area contributed by atoms with Gasteiger partial charge in [0.2, 0.25) is 0 Å². The van der Waals surface area contributed by atoms with Crippen LogP contribution in [-0.2, 0) is 43.2 Å². The number of aldehydes is 1. The molecule has 0 radical (unpaired) electrons. The maximum atomic E-state index is 12.2. The van der Waals surface area contributed by atoms with Crippen molar-refractivity contribution in [3.63, 3.8) is 0 Å². The highest BCUT2D eigenvalue weighted by Crippen LogP contribution is 2.40. The third kappa shape index (κ3) is 11.4. The number of fused-ring (bicyclic) bond motifs is 1. The molecule has 5 rings (SSSR count). The van der Waals surface area contributed by atoms with Gasteiger partial charge in [0.15, 0.2) is 0 Å². The minimum absolute atomic E-state index is 0.226. The van der Waals surface area contributed by atoms with E-state index in [-0.39, 0.29) is 19.1 Å². The summed E-state index contributed by atoms with van der Waals surface area (Å²) in [6.07, 6.45) is 5.04. The fourth-order valence-electron chi connectivity index (χ4n) is 6.20. The van der Waals surface area contributed by atoms with Gasteiger partial charge in [-0.15, -0.1) is 11.3 Å². The number of nitrogens with one attached hydrogen (secondary N) is 2. The minimum Gasteiger partial charge on any atom is -0.467 e. The molecule has 5 heterocycles. The molecule has 1 saturated heterocycles. The molecule has 1 fully saturated rings. The fourth-order valence-corrected chi connectivity index (χ4v) is 7.05. The number of carbonyl (C=O) groups is 3. The highest BCUT2D eigenvalue weighted by atomic mass is 32.1. The zero-order valence-corrected chi connectivity index (χ0v) is 33.3. The number of hydrazine groups is 1. The van der Waals surface area contributed by atoms with Gasteiger partial charge >= 0.3 is 6.09 Å². The van der Waals surface area contributed by atoms with E-state index in [4.69, 9.17) is 29.2 Å². The van der Waals surface area contributed by atoms with Crippen molar-refractivity contribution in [2.45, 2.75) is 98.4 Å². The summed E-state index contributed by atoms with van der Waals surface area (Å²) in [7, 11) is 3.75. The van der Waals surface area contributed by atoms with E-state index >= 15 is 0 Å². The number of aromatic nitrogens is 4. The Hall–Kier alpha value is -4.24. The van der Waals surface area contributed by atoms with E-state index in [0.717, 1.165) is 40.1 Å². The van der Waals surface area contributed by atoms with Crippen molar-refractivity contribution in [3.8, 4) is 22.6 Å². The lowest BCUT2D eigenvalue weighted by Gasteiger charge is -2.24. The lowest BCUT2D eigenvalue weighted by Crippen LogP contribution is -2.41. The third-order valence-electron chi connectivity index (χ3n) is 8.73.